The molecule has 5 heteroatoms. The first-order valence-electron chi connectivity index (χ1n) is 6.51. The maximum Gasteiger partial charge on any atom is 0.155 e. The third-order valence-electron chi connectivity index (χ3n) is 3.36. The van der Waals surface area contributed by atoms with E-state index in [0.29, 0.717) is 17.7 Å². The van der Waals surface area contributed by atoms with E-state index >= 15 is 0 Å². The summed E-state index contributed by atoms with van der Waals surface area (Å²) in [6, 6.07) is 8.84. The van der Waals surface area contributed by atoms with Crippen LogP contribution in [0.1, 0.15) is 24.0 Å². The summed E-state index contributed by atoms with van der Waals surface area (Å²) in [7, 11) is -3.10. The molecule has 2 rings (SSSR count). The van der Waals surface area contributed by atoms with Gasteiger partial charge in [-0.2, -0.15) is 5.26 Å². The summed E-state index contributed by atoms with van der Waals surface area (Å²) in [5.74, 6) is 0.222. The highest BCUT2D eigenvalue weighted by atomic mass is 32.2. The minimum absolute atomic E-state index is 0.0242. The number of rotatable bonds is 5. The standard InChI is InChI=1S/C14H18N2O2S/c15-11-13-4-3-5-14(10-13)12-19(17,18)9-8-16-6-1-2-7-16/h3-5,10H,1-2,6-9,12H2. The topological polar surface area (TPSA) is 61.2 Å². The number of nitriles is 1. The van der Waals surface area contributed by atoms with Crippen LogP contribution < -0.4 is 0 Å². The van der Waals surface area contributed by atoms with Gasteiger partial charge in [-0.15, -0.1) is 0 Å². The molecule has 4 nitrogen and oxygen atoms in total. The third-order valence-corrected chi connectivity index (χ3v) is 4.94. The van der Waals surface area contributed by atoms with E-state index in [1.807, 2.05) is 6.07 Å². The maximum absolute atomic E-state index is 12.0. The van der Waals surface area contributed by atoms with E-state index in [1.54, 1.807) is 24.3 Å². The lowest BCUT2D eigenvalue weighted by Crippen LogP contribution is -2.27. The molecule has 1 aliphatic heterocycles. The lowest BCUT2D eigenvalue weighted by Gasteiger charge is -2.14. The summed E-state index contributed by atoms with van der Waals surface area (Å²) in [6.45, 7) is 2.65. The van der Waals surface area contributed by atoms with E-state index in [-0.39, 0.29) is 11.5 Å². The molecule has 1 heterocycles. The molecule has 0 saturated carbocycles. The largest absolute Gasteiger partial charge is 0.302 e. The Morgan fingerprint density at radius 3 is 2.68 bits per heavy atom. The van der Waals surface area contributed by atoms with Crippen molar-refractivity contribution >= 4 is 9.84 Å². The van der Waals surface area contributed by atoms with Crippen LogP contribution in [0.15, 0.2) is 24.3 Å². The highest BCUT2D eigenvalue weighted by Gasteiger charge is 2.17. The molecule has 0 aromatic heterocycles. The van der Waals surface area contributed by atoms with Crippen LogP contribution in [0.3, 0.4) is 0 Å². The average Bonchev–Trinajstić information content (AvgIpc) is 2.89. The summed E-state index contributed by atoms with van der Waals surface area (Å²) in [4.78, 5) is 2.20. The van der Waals surface area contributed by atoms with Crippen molar-refractivity contribution in [3.63, 3.8) is 0 Å². The van der Waals surface area contributed by atoms with Crippen LogP contribution in [-0.4, -0.2) is 38.7 Å². The van der Waals surface area contributed by atoms with Crippen molar-refractivity contribution in [3.8, 4) is 6.07 Å². The van der Waals surface area contributed by atoms with Crippen LogP contribution in [0.25, 0.3) is 0 Å². The normalized spacial score (nSPS) is 16.4. The first-order valence-corrected chi connectivity index (χ1v) is 8.33. The fraction of sp³-hybridized carbons (Fsp3) is 0.500. The Hall–Kier alpha value is -1.38. The van der Waals surface area contributed by atoms with Crippen molar-refractivity contribution in [2.45, 2.75) is 18.6 Å². The van der Waals surface area contributed by atoms with Gasteiger partial charge in [-0.1, -0.05) is 12.1 Å². The smallest absolute Gasteiger partial charge is 0.155 e. The van der Waals surface area contributed by atoms with E-state index in [2.05, 4.69) is 4.90 Å². The molecule has 1 aromatic carbocycles. The third kappa shape index (κ3) is 4.34. The lowest BCUT2D eigenvalue weighted by atomic mass is 10.2. The molecule has 1 saturated heterocycles. The van der Waals surface area contributed by atoms with Crippen LogP contribution >= 0.6 is 0 Å². The molecule has 0 unspecified atom stereocenters. The van der Waals surface area contributed by atoms with Crippen molar-refractivity contribution in [1.29, 1.82) is 5.26 Å². The van der Waals surface area contributed by atoms with Crippen molar-refractivity contribution in [2.75, 3.05) is 25.4 Å². The van der Waals surface area contributed by atoms with E-state index in [1.165, 1.54) is 12.8 Å². The summed E-state index contributed by atoms with van der Waals surface area (Å²) in [5.41, 5.74) is 1.20. The predicted octanol–water partition coefficient (Wildman–Crippen LogP) is 1.57. The molecule has 0 N–H and O–H groups in total. The van der Waals surface area contributed by atoms with Gasteiger partial charge < -0.3 is 4.90 Å². The van der Waals surface area contributed by atoms with Gasteiger partial charge in [0, 0.05) is 6.54 Å². The molecule has 0 radical (unpaired) electrons. The molecular weight excluding hydrogens is 260 g/mol. The first kappa shape index (κ1) is 14.0. The Morgan fingerprint density at radius 2 is 2.00 bits per heavy atom. The summed E-state index contributed by atoms with van der Waals surface area (Å²) in [5, 5.41) is 8.80. The molecule has 19 heavy (non-hydrogen) atoms. The van der Waals surface area contributed by atoms with Crippen molar-refractivity contribution in [1.82, 2.24) is 4.90 Å². The molecule has 1 aliphatic rings. The first-order chi connectivity index (χ1) is 9.09. The van der Waals surface area contributed by atoms with Gasteiger partial charge in [-0.25, -0.2) is 8.42 Å². The van der Waals surface area contributed by atoms with Gasteiger partial charge >= 0.3 is 0 Å². The summed E-state index contributed by atoms with van der Waals surface area (Å²) >= 11 is 0. The second-order valence-electron chi connectivity index (χ2n) is 4.95. The number of nitrogens with zero attached hydrogens (tertiary/aromatic N) is 2. The highest BCUT2D eigenvalue weighted by Crippen LogP contribution is 2.11. The monoisotopic (exact) mass is 278 g/mol. The molecule has 0 atom stereocenters. The second-order valence-corrected chi connectivity index (χ2v) is 7.14. The van der Waals surface area contributed by atoms with Gasteiger partial charge in [-0.05, 0) is 43.6 Å². The number of likely N-dealkylation sites (tertiary alicyclic amines) is 1. The molecule has 102 valence electrons. The SMILES string of the molecule is N#Cc1cccc(CS(=O)(=O)CCN2CCCC2)c1. The van der Waals surface area contributed by atoms with Gasteiger partial charge in [0.1, 0.15) is 0 Å². The highest BCUT2D eigenvalue weighted by molar-refractivity contribution is 7.90. The Balaban J connectivity index is 1.94. The fourth-order valence-electron chi connectivity index (χ4n) is 2.33. The van der Waals surface area contributed by atoms with E-state index < -0.39 is 9.84 Å². The average molecular weight is 278 g/mol. The molecule has 1 fully saturated rings. The quantitative estimate of drug-likeness (QED) is 0.820. The van der Waals surface area contributed by atoms with Gasteiger partial charge in [0.2, 0.25) is 0 Å². The molecule has 1 aromatic rings. The Labute approximate surface area is 114 Å². The van der Waals surface area contributed by atoms with Crippen LogP contribution in [0, 0.1) is 11.3 Å². The number of hydrogen-bond acceptors (Lipinski definition) is 4. The molecule has 0 amide bonds. The molecule has 0 aliphatic carbocycles. The molecular formula is C14H18N2O2S. The van der Waals surface area contributed by atoms with Crippen molar-refractivity contribution in [2.24, 2.45) is 0 Å². The summed E-state index contributed by atoms with van der Waals surface area (Å²) < 4.78 is 24.1. The van der Waals surface area contributed by atoms with Crippen LogP contribution in [0.4, 0.5) is 0 Å². The zero-order chi connectivity index (χ0) is 13.7. The number of benzene rings is 1. The maximum atomic E-state index is 12.0. The summed E-state index contributed by atoms with van der Waals surface area (Å²) in [6.07, 6.45) is 2.34. The predicted molar refractivity (Wildman–Crippen MR) is 74.3 cm³/mol. The van der Waals surface area contributed by atoms with Crippen LogP contribution in [0.5, 0.6) is 0 Å². The van der Waals surface area contributed by atoms with Gasteiger partial charge in [0.25, 0.3) is 0 Å². The number of sulfone groups is 1. The van der Waals surface area contributed by atoms with Gasteiger partial charge in [0.15, 0.2) is 9.84 Å². The van der Waals surface area contributed by atoms with Gasteiger partial charge in [-0.3, -0.25) is 0 Å². The Bertz CT molecular complexity index is 569. The molecule has 0 bridgehead atoms. The van der Waals surface area contributed by atoms with Crippen LogP contribution in [0.2, 0.25) is 0 Å². The zero-order valence-corrected chi connectivity index (χ0v) is 11.7. The second kappa shape index (κ2) is 6.18. The van der Waals surface area contributed by atoms with Crippen LogP contribution in [-0.2, 0) is 15.6 Å². The fourth-order valence-corrected chi connectivity index (χ4v) is 3.70. The van der Waals surface area contributed by atoms with E-state index in [4.69, 9.17) is 5.26 Å². The zero-order valence-electron chi connectivity index (χ0n) is 10.9. The van der Waals surface area contributed by atoms with E-state index in [9.17, 15) is 8.42 Å². The Kier molecular flexibility index (Phi) is 4.56. The molecule has 0 spiro atoms. The minimum atomic E-state index is -3.10. The van der Waals surface area contributed by atoms with E-state index in [0.717, 1.165) is 13.1 Å². The Morgan fingerprint density at radius 1 is 1.26 bits per heavy atom. The van der Waals surface area contributed by atoms with Crippen molar-refractivity contribution in [3.05, 3.63) is 35.4 Å². The van der Waals surface area contributed by atoms with Gasteiger partial charge in [0.05, 0.1) is 23.1 Å². The minimum Gasteiger partial charge on any atom is -0.302 e. The number of hydrogen-bond donors (Lipinski definition) is 0. The van der Waals surface area contributed by atoms with Crippen molar-refractivity contribution < 1.29 is 8.42 Å². The lowest BCUT2D eigenvalue weighted by molar-refractivity contribution is 0.359.